The molecule has 0 bridgehead atoms. The van der Waals surface area contributed by atoms with Gasteiger partial charge in [-0.1, -0.05) is 31.2 Å². The minimum Gasteiger partial charge on any atom is -0.339 e. The molecule has 1 aliphatic rings. The molecule has 8 heteroatoms. The van der Waals surface area contributed by atoms with Crippen LogP contribution < -0.4 is 0 Å². The van der Waals surface area contributed by atoms with Crippen LogP contribution in [-0.2, 0) is 6.54 Å². The maximum atomic E-state index is 12.7. The number of fused-ring (bicyclic) bond motifs is 3. The number of hydrogen-bond acceptors (Lipinski definition) is 5. The number of carbonyl (C=O) groups is 1. The second-order valence-corrected chi connectivity index (χ2v) is 9.36. The minimum absolute atomic E-state index is 0.0290. The number of nitrogens with zero attached hydrogens (tertiary/aromatic N) is 7. The van der Waals surface area contributed by atoms with Crippen molar-refractivity contribution in [1.82, 2.24) is 34.2 Å². The van der Waals surface area contributed by atoms with Crippen molar-refractivity contribution < 1.29 is 4.79 Å². The summed E-state index contributed by atoms with van der Waals surface area (Å²) in [7, 11) is 1.84. The maximum absolute atomic E-state index is 12.7. The molecule has 1 amide bonds. The van der Waals surface area contributed by atoms with Crippen LogP contribution in [0.1, 0.15) is 36.8 Å². The first kappa shape index (κ1) is 22.2. The third-order valence-corrected chi connectivity index (χ3v) is 7.19. The zero-order chi connectivity index (χ0) is 24.8. The first-order chi connectivity index (χ1) is 17.5. The predicted octanol–water partition coefficient (Wildman–Crippen LogP) is 5.08. The van der Waals surface area contributed by atoms with Gasteiger partial charge in [0.15, 0.2) is 5.82 Å². The lowest BCUT2D eigenvalue weighted by Crippen LogP contribution is -2.36. The maximum Gasteiger partial charge on any atom is 0.270 e. The van der Waals surface area contributed by atoms with Crippen LogP contribution >= 0.6 is 0 Å². The second-order valence-electron chi connectivity index (χ2n) is 9.36. The lowest BCUT2D eigenvalue weighted by atomic mass is 10.00. The summed E-state index contributed by atoms with van der Waals surface area (Å²) in [6.07, 6.45) is 8.36. The van der Waals surface area contributed by atoms with Crippen molar-refractivity contribution in [2.24, 2.45) is 0 Å². The lowest BCUT2D eigenvalue weighted by molar-refractivity contribution is 0.0751. The second kappa shape index (κ2) is 8.71. The molecule has 0 N–H and O–H groups in total. The fourth-order valence-electron chi connectivity index (χ4n) is 4.88. The Morgan fingerprint density at radius 2 is 1.75 bits per heavy atom. The van der Waals surface area contributed by atoms with Crippen molar-refractivity contribution in [3.05, 3.63) is 73.1 Å². The van der Waals surface area contributed by atoms with Crippen LogP contribution in [0.2, 0.25) is 0 Å². The molecule has 0 saturated heterocycles. The van der Waals surface area contributed by atoms with Gasteiger partial charge in [0, 0.05) is 66.8 Å². The van der Waals surface area contributed by atoms with Gasteiger partial charge in [0.1, 0.15) is 17.7 Å². The third kappa shape index (κ3) is 3.57. The van der Waals surface area contributed by atoms with E-state index in [0.29, 0.717) is 18.3 Å². The fourth-order valence-corrected chi connectivity index (χ4v) is 4.88. The van der Waals surface area contributed by atoms with Crippen molar-refractivity contribution in [3.63, 3.8) is 0 Å². The van der Waals surface area contributed by atoms with Gasteiger partial charge in [-0.15, -0.1) is 10.2 Å². The average molecular weight is 478 g/mol. The quantitative estimate of drug-likeness (QED) is 0.353. The van der Waals surface area contributed by atoms with Crippen molar-refractivity contribution in [2.45, 2.75) is 32.9 Å². The highest BCUT2D eigenvalue weighted by Gasteiger charge is 2.25. The summed E-state index contributed by atoms with van der Waals surface area (Å²) >= 11 is 0. The van der Waals surface area contributed by atoms with Crippen LogP contribution in [0.25, 0.3) is 44.7 Å². The van der Waals surface area contributed by atoms with E-state index in [-0.39, 0.29) is 5.91 Å². The smallest absolute Gasteiger partial charge is 0.270 e. The number of hydrogen-bond donors (Lipinski definition) is 0. The van der Waals surface area contributed by atoms with Crippen LogP contribution in [0.3, 0.4) is 0 Å². The lowest BCUT2D eigenvalue weighted by Gasteiger charge is -2.24. The highest BCUT2D eigenvalue weighted by Crippen LogP contribution is 2.33. The Morgan fingerprint density at radius 1 is 0.972 bits per heavy atom. The summed E-state index contributed by atoms with van der Waals surface area (Å²) in [5, 5.41) is 9.43. The van der Waals surface area contributed by atoms with E-state index in [0.717, 1.165) is 57.6 Å². The van der Waals surface area contributed by atoms with Gasteiger partial charge in [-0.2, -0.15) is 0 Å². The normalized spacial score (nSPS) is 14.3. The third-order valence-electron chi connectivity index (χ3n) is 7.19. The van der Waals surface area contributed by atoms with Crippen LogP contribution in [-0.4, -0.2) is 53.7 Å². The molecule has 0 fully saturated rings. The van der Waals surface area contributed by atoms with E-state index in [9.17, 15) is 4.79 Å². The van der Waals surface area contributed by atoms with Gasteiger partial charge >= 0.3 is 0 Å². The molecule has 0 saturated carbocycles. The summed E-state index contributed by atoms with van der Waals surface area (Å²) in [5.41, 5.74) is 6.65. The van der Waals surface area contributed by atoms with Gasteiger partial charge in [-0.05, 0) is 42.7 Å². The molecule has 0 aliphatic carbocycles. The van der Waals surface area contributed by atoms with Gasteiger partial charge in [-0.25, -0.2) is 4.98 Å². The highest BCUT2D eigenvalue weighted by molar-refractivity contribution is 6.03. The number of carbonyl (C=O) groups excluding carboxylic acids is 1. The molecule has 5 aromatic rings. The molecule has 6 rings (SSSR count). The Morgan fingerprint density at radius 3 is 2.56 bits per heavy atom. The summed E-state index contributed by atoms with van der Waals surface area (Å²) in [5.74, 6) is 0.904. The van der Waals surface area contributed by atoms with E-state index in [4.69, 9.17) is 0 Å². The molecule has 4 aromatic heterocycles. The van der Waals surface area contributed by atoms with E-state index < -0.39 is 0 Å². The molecular formula is C28H27N7O. The largest absolute Gasteiger partial charge is 0.339 e. The zero-order valence-corrected chi connectivity index (χ0v) is 20.6. The molecule has 1 aromatic carbocycles. The fraction of sp³-hybridized carbons (Fsp3) is 0.250. The topological polar surface area (TPSA) is 81.7 Å². The molecule has 1 aliphatic heterocycles. The molecule has 0 spiro atoms. The van der Waals surface area contributed by atoms with Gasteiger partial charge < -0.3 is 14.0 Å². The van der Waals surface area contributed by atoms with Crippen LogP contribution in [0.4, 0.5) is 0 Å². The molecule has 1 atom stereocenters. The van der Waals surface area contributed by atoms with Gasteiger partial charge in [0.2, 0.25) is 0 Å². The Labute approximate surface area is 209 Å². The molecule has 1 unspecified atom stereocenters. The highest BCUT2D eigenvalue weighted by atomic mass is 16.2. The summed E-state index contributed by atoms with van der Waals surface area (Å²) in [4.78, 5) is 23.6. The number of benzene rings is 1. The average Bonchev–Trinajstić information content (AvgIpc) is 3.56. The Hall–Kier alpha value is -4.33. The van der Waals surface area contributed by atoms with E-state index >= 15 is 0 Å². The minimum atomic E-state index is 0.0290. The van der Waals surface area contributed by atoms with E-state index in [1.54, 1.807) is 11.2 Å². The number of aromatic nitrogens is 6. The Bertz CT molecular complexity index is 1580. The predicted molar refractivity (Wildman–Crippen MR) is 139 cm³/mol. The van der Waals surface area contributed by atoms with E-state index in [1.807, 2.05) is 42.3 Å². The SMILES string of the molecule is CCC(C)n1cnnc1-c1ccc(-c2cncc(-c3ccnc4c3cc3n4CCN(C)C3=O)c2)cc1. The first-order valence-electron chi connectivity index (χ1n) is 12.2. The molecule has 8 nitrogen and oxygen atoms in total. The van der Waals surface area contributed by atoms with E-state index in [1.165, 1.54) is 0 Å². The molecule has 180 valence electrons. The number of likely N-dealkylation sites (N-methyl/N-ethyl adjacent to an activating group) is 1. The molecule has 0 radical (unpaired) electrons. The van der Waals surface area contributed by atoms with Crippen molar-refractivity contribution >= 4 is 16.9 Å². The molecule has 36 heavy (non-hydrogen) atoms. The van der Waals surface area contributed by atoms with Gasteiger partial charge in [0.05, 0.1) is 0 Å². The summed E-state index contributed by atoms with van der Waals surface area (Å²) in [6, 6.07) is 14.8. The first-order valence-corrected chi connectivity index (χ1v) is 12.2. The summed E-state index contributed by atoms with van der Waals surface area (Å²) in [6.45, 7) is 5.76. The van der Waals surface area contributed by atoms with Crippen LogP contribution in [0, 0.1) is 0 Å². The summed E-state index contributed by atoms with van der Waals surface area (Å²) < 4.78 is 4.14. The van der Waals surface area contributed by atoms with Crippen LogP contribution in [0.5, 0.6) is 0 Å². The monoisotopic (exact) mass is 477 g/mol. The molecule has 5 heterocycles. The van der Waals surface area contributed by atoms with E-state index in [2.05, 4.69) is 68.9 Å². The van der Waals surface area contributed by atoms with Gasteiger partial charge in [0.25, 0.3) is 5.91 Å². The molecular weight excluding hydrogens is 450 g/mol. The Kier molecular flexibility index (Phi) is 5.36. The van der Waals surface area contributed by atoms with Crippen molar-refractivity contribution in [3.8, 4) is 33.6 Å². The van der Waals surface area contributed by atoms with Crippen molar-refractivity contribution in [2.75, 3.05) is 13.6 Å². The van der Waals surface area contributed by atoms with Crippen LogP contribution in [0.15, 0.2) is 67.4 Å². The van der Waals surface area contributed by atoms with Crippen molar-refractivity contribution in [1.29, 1.82) is 0 Å². The standard InChI is InChI=1S/C28H27N7O/c1-4-18(2)35-17-31-32-26(35)20-7-5-19(6-8-20)21-13-22(16-29-15-21)23-9-10-30-27-24(23)14-25-28(36)33(3)11-12-34(25)27/h5-10,13-18H,4,11-12H2,1-3H3. The Balaban J connectivity index is 1.37. The number of rotatable bonds is 5. The number of pyridine rings is 2. The zero-order valence-electron chi connectivity index (χ0n) is 20.6. The van der Waals surface area contributed by atoms with Gasteiger partial charge in [-0.3, -0.25) is 9.78 Å². The number of amides is 1.